The van der Waals surface area contributed by atoms with Crippen LogP contribution in [0, 0.1) is 10.1 Å². The number of ether oxygens (including phenoxy) is 1. The number of alkyl halides is 3. The van der Waals surface area contributed by atoms with Crippen LogP contribution < -0.4 is 20.3 Å². The van der Waals surface area contributed by atoms with E-state index in [0.717, 1.165) is 31.2 Å². The number of carboxylic acids is 1. The molecule has 0 heterocycles. The second-order valence-electron chi connectivity index (χ2n) is 10.6. The minimum absolute atomic E-state index is 0.0232. The van der Waals surface area contributed by atoms with Crippen molar-refractivity contribution in [2.45, 2.75) is 57.3 Å². The van der Waals surface area contributed by atoms with E-state index in [0.29, 0.717) is 22.7 Å². The Kier molecular flexibility index (Phi) is 11.0. The Balaban J connectivity index is 1.61. The van der Waals surface area contributed by atoms with Crippen LogP contribution in [0.3, 0.4) is 0 Å². The summed E-state index contributed by atoms with van der Waals surface area (Å²) in [4.78, 5) is 35.9. The van der Waals surface area contributed by atoms with Crippen molar-refractivity contribution in [3.05, 3.63) is 112 Å². The molecule has 45 heavy (non-hydrogen) atoms. The number of halogens is 3. The maximum atomic E-state index is 12.6. The van der Waals surface area contributed by atoms with Crippen LogP contribution in [0.4, 0.5) is 24.5 Å². The Morgan fingerprint density at radius 2 is 1.62 bits per heavy atom. The number of nitrogens with zero attached hydrogens (tertiary/aromatic N) is 2. The van der Waals surface area contributed by atoms with Crippen molar-refractivity contribution < 1.29 is 37.5 Å². The fourth-order valence-corrected chi connectivity index (χ4v) is 5.16. The number of anilines is 2. The van der Waals surface area contributed by atoms with Crippen molar-refractivity contribution in [2.24, 2.45) is 0 Å². The van der Waals surface area contributed by atoms with Crippen LogP contribution in [0.5, 0.6) is 5.75 Å². The number of benzene rings is 3. The van der Waals surface area contributed by atoms with Crippen LogP contribution in [0.25, 0.3) is 0 Å². The molecule has 1 aliphatic carbocycles. The number of carboxylic acid groups (broad SMARTS) is 1. The molecule has 0 unspecified atom stereocenters. The smallest absolute Gasteiger partial charge is 0.481 e. The summed E-state index contributed by atoms with van der Waals surface area (Å²) in [5, 5.41) is 26.0. The van der Waals surface area contributed by atoms with Crippen molar-refractivity contribution in [3.63, 3.8) is 0 Å². The van der Waals surface area contributed by atoms with E-state index in [1.807, 2.05) is 24.3 Å². The molecule has 0 saturated heterocycles. The monoisotopic (exact) mass is 626 g/mol. The van der Waals surface area contributed by atoms with Crippen molar-refractivity contribution in [2.75, 3.05) is 16.8 Å². The zero-order valence-electron chi connectivity index (χ0n) is 24.3. The molecule has 0 aromatic heterocycles. The van der Waals surface area contributed by atoms with E-state index in [1.165, 1.54) is 37.0 Å². The number of nitrogens with one attached hydrogen (secondary N) is 2. The van der Waals surface area contributed by atoms with Gasteiger partial charge in [0.25, 0.3) is 12.1 Å². The van der Waals surface area contributed by atoms with Gasteiger partial charge in [0, 0.05) is 30.0 Å². The van der Waals surface area contributed by atoms with E-state index < -0.39 is 28.9 Å². The minimum Gasteiger partial charge on any atom is -0.481 e. The van der Waals surface area contributed by atoms with E-state index >= 15 is 0 Å². The number of amides is 1. The summed E-state index contributed by atoms with van der Waals surface area (Å²) >= 11 is 0. The van der Waals surface area contributed by atoms with Gasteiger partial charge < -0.3 is 25.4 Å². The molecule has 3 aromatic carbocycles. The summed E-state index contributed by atoms with van der Waals surface area (Å²) in [6.07, 6.45) is 1.45. The van der Waals surface area contributed by atoms with Crippen LogP contribution in [-0.4, -0.2) is 34.8 Å². The van der Waals surface area contributed by atoms with Gasteiger partial charge in [-0.25, -0.2) is 0 Å². The molecule has 4 rings (SSSR count). The molecule has 1 amide bonds. The molecular weight excluding hydrogens is 593 g/mol. The Morgan fingerprint density at radius 3 is 2.20 bits per heavy atom. The van der Waals surface area contributed by atoms with Crippen LogP contribution in [-0.2, 0) is 11.3 Å². The normalized spacial score (nSPS) is 14.0. The predicted molar refractivity (Wildman–Crippen MR) is 161 cm³/mol. The fraction of sp³-hybridized carbons (Fsp3) is 0.312. The number of rotatable bonds is 13. The molecule has 3 N–H and O–H groups in total. The number of carbonyl (C=O) groups is 2. The van der Waals surface area contributed by atoms with Crippen molar-refractivity contribution in [3.8, 4) is 5.75 Å². The zero-order chi connectivity index (χ0) is 32.4. The lowest BCUT2D eigenvalue weighted by molar-refractivity contribution is -0.403. The van der Waals surface area contributed by atoms with Gasteiger partial charge in [0.2, 0.25) is 0 Å². The van der Waals surface area contributed by atoms with Gasteiger partial charge in [-0.1, -0.05) is 43.5 Å². The summed E-state index contributed by atoms with van der Waals surface area (Å²) in [5.74, 6) is -1.41. The number of aliphatic carboxylic acids is 1. The quantitative estimate of drug-likeness (QED) is 0.136. The Bertz CT molecular complexity index is 1490. The first-order valence-corrected chi connectivity index (χ1v) is 14.4. The van der Waals surface area contributed by atoms with Crippen LogP contribution >= 0.6 is 0 Å². The highest BCUT2D eigenvalue weighted by Gasteiger charge is 2.31. The first kappa shape index (κ1) is 32.8. The van der Waals surface area contributed by atoms with Crippen LogP contribution in [0.15, 0.2) is 84.8 Å². The van der Waals surface area contributed by atoms with Gasteiger partial charge in [-0.3, -0.25) is 19.7 Å². The predicted octanol–water partition coefficient (Wildman–Crippen LogP) is 7.03. The fourth-order valence-electron chi connectivity index (χ4n) is 5.16. The van der Waals surface area contributed by atoms with Gasteiger partial charge in [0.05, 0.1) is 11.3 Å². The van der Waals surface area contributed by atoms with Crippen LogP contribution in [0.2, 0.25) is 0 Å². The standard InChI is InChI=1S/C32H33F3N4O6/c33-32(34,35)45-28-16-12-26(13-17-28)37-29(21-39(43)44)38(27-14-10-24(11-15-27)23-4-2-1-3-5-23)20-22-6-8-25(9-7-22)31(42)36-19-18-30(40)41/h6-17,21,23,37H,1-5,18-20H2,(H,36,42)(H,40,41)/b29-21-. The number of carbonyl (C=O) groups excluding carboxylic acids is 1. The third-order valence-corrected chi connectivity index (χ3v) is 7.34. The first-order valence-electron chi connectivity index (χ1n) is 14.4. The van der Waals surface area contributed by atoms with E-state index in [1.54, 1.807) is 29.2 Å². The highest BCUT2D eigenvalue weighted by atomic mass is 19.4. The molecule has 238 valence electrons. The SMILES string of the molecule is O=C(O)CCNC(=O)c1ccc(CN(/C(=C\[N+](=O)[O-])Nc2ccc(OC(F)(F)F)cc2)c2ccc(C3CCCCC3)cc2)cc1. The van der Waals surface area contributed by atoms with Gasteiger partial charge in [0.15, 0.2) is 5.82 Å². The number of hydrogen-bond donors (Lipinski definition) is 3. The van der Waals surface area contributed by atoms with E-state index in [-0.39, 0.29) is 31.0 Å². The third kappa shape index (κ3) is 10.3. The minimum atomic E-state index is -4.86. The lowest BCUT2D eigenvalue weighted by Gasteiger charge is -2.28. The lowest BCUT2D eigenvalue weighted by atomic mass is 9.84. The summed E-state index contributed by atoms with van der Waals surface area (Å²) in [6.45, 7) is 0.107. The Morgan fingerprint density at radius 1 is 0.978 bits per heavy atom. The molecular formula is C32H33F3N4O6. The maximum absolute atomic E-state index is 12.6. The van der Waals surface area contributed by atoms with Crippen LogP contribution in [0.1, 0.15) is 65.9 Å². The first-order chi connectivity index (χ1) is 21.5. The average molecular weight is 627 g/mol. The average Bonchev–Trinajstić information content (AvgIpc) is 3.00. The molecule has 3 aromatic rings. The van der Waals surface area contributed by atoms with Gasteiger partial charge in [0.1, 0.15) is 5.75 Å². The Labute approximate surface area is 257 Å². The zero-order valence-corrected chi connectivity index (χ0v) is 24.3. The summed E-state index contributed by atoms with van der Waals surface area (Å²) in [6, 6.07) is 19.1. The molecule has 0 spiro atoms. The third-order valence-electron chi connectivity index (χ3n) is 7.34. The lowest BCUT2D eigenvalue weighted by Crippen LogP contribution is -2.28. The van der Waals surface area contributed by atoms with Gasteiger partial charge in [-0.05, 0) is 78.4 Å². The molecule has 0 atom stereocenters. The van der Waals surface area contributed by atoms with Crippen molar-refractivity contribution in [1.82, 2.24) is 5.32 Å². The Hall–Kier alpha value is -5.07. The van der Waals surface area contributed by atoms with Gasteiger partial charge in [-0.2, -0.15) is 0 Å². The highest BCUT2D eigenvalue weighted by molar-refractivity contribution is 5.94. The summed E-state index contributed by atoms with van der Waals surface area (Å²) in [7, 11) is 0. The molecule has 1 saturated carbocycles. The molecule has 0 radical (unpaired) electrons. The van der Waals surface area contributed by atoms with E-state index in [2.05, 4.69) is 15.4 Å². The number of nitro groups is 1. The van der Waals surface area contributed by atoms with Crippen molar-refractivity contribution in [1.29, 1.82) is 0 Å². The van der Waals surface area contributed by atoms with Gasteiger partial charge in [-0.15, -0.1) is 13.2 Å². The summed E-state index contributed by atoms with van der Waals surface area (Å²) in [5.41, 5.74) is 3.11. The van der Waals surface area contributed by atoms with Gasteiger partial charge >= 0.3 is 12.3 Å². The second-order valence-corrected chi connectivity index (χ2v) is 10.6. The molecule has 1 fully saturated rings. The molecule has 0 bridgehead atoms. The highest BCUT2D eigenvalue weighted by Crippen LogP contribution is 2.34. The second kappa shape index (κ2) is 15.1. The van der Waals surface area contributed by atoms with E-state index in [9.17, 15) is 32.9 Å². The number of hydrogen-bond acceptors (Lipinski definition) is 7. The topological polar surface area (TPSA) is 134 Å². The molecule has 0 aliphatic heterocycles. The summed E-state index contributed by atoms with van der Waals surface area (Å²) < 4.78 is 41.8. The van der Waals surface area contributed by atoms with E-state index in [4.69, 9.17) is 5.11 Å². The van der Waals surface area contributed by atoms with Crippen molar-refractivity contribution >= 4 is 23.3 Å². The molecule has 10 nitrogen and oxygen atoms in total. The maximum Gasteiger partial charge on any atom is 0.573 e. The largest absolute Gasteiger partial charge is 0.573 e. The molecule has 13 heteroatoms. The molecule has 1 aliphatic rings.